The Morgan fingerprint density at radius 1 is 0.875 bits per heavy atom. The average Bonchev–Trinajstić information content (AvgIpc) is 2.83. The first-order valence-electron chi connectivity index (χ1n) is 10.0. The number of amides is 1. The Labute approximate surface area is 187 Å². The summed E-state index contributed by atoms with van der Waals surface area (Å²) in [5.41, 5.74) is 1.17. The molecule has 2 aromatic carbocycles. The van der Waals surface area contributed by atoms with E-state index >= 15 is 0 Å². The summed E-state index contributed by atoms with van der Waals surface area (Å²) in [5.74, 6) is 2.82. The van der Waals surface area contributed by atoms with Crippen LogP contribution in [0.4, 0.5) is 0 Å². The quantitative estimate of drug-likeness (QED) is 0.507. The lowest BCUT2D eigenvalue weighted by Crippen LogP contribution is -2.23. The fourth-order valence-electron chi connectivity index (χ4n) is 2.99. The maximum Gasteiger partial charge on any atom is 0.255 e. The van der Waals surface area contributed by atoms with Crippen molar-refractivity contribution in [3.63, 3.8) is 0 Å². The largest absolute Gasteiger partial charge is 0.496 e. The smallest absolute Gasteiger partial charge is 0.255 e. The second-order valence-corrected chi connectivity index (χ2v) is 6.60. The van der Waals surface area contributed by atoms with Gasteiger partial charge in [0.15, 0.2) is 11.5 Å². The highest BCUT2D eigenvalue weighted by atomic mass is 16.5. The lowest BCUT2D eigenvalue weighted by Gasteiger charge is -2.14. The number of hydrogen-bond acceptors (Lipinski definition) is 7. The van der Waals surface area contributed by atoms with E-state index in [4.69, 9.17) is 23.7 Å². The van der Waals surface area contributed by atoms with Crippen LogP contribution in [0.2, 0.25) is 0 Å². The van der Waals surface area contributed by atoms with E-state index in [0.29, 0.717) is 41.0 Å². The Morgan fingerprint density at radius 2 is 1.53 bits per heavy atom. The van der Waals surface area contributed by atoms with Crippen molar-refractivity contribution in [3.8, 4) is 34.6 Å². The molecule has 0 unspecified atom stereocenters. The van der Waals surface area contributed by atoms with Crippen LogP contribution in [0.5, 0.6) is 34.6 Å². The molecule has 1 N–H and O–H groups in total. The zero-order chi connectivity index (χ0) is 22.9. The van der Waals surface area contributed by atoms with E-state index in [1.165, 1.54) is 21.3 Å². The number of hydrogen-bond donors (Lipinski definition) is 1. The fourth-order valence-corrected chi connectivity index (χ4v) is 2.99. The van der Waals surface area contributed by atoms with Gasteiger partial charge in [0, 0.05) is 30.9 Å². The minimum absolute atomic E-state index is 0.276. The molecule has 168 valence electrons. The van der Waals surface area contributed by atoms with Crippen molar-refractivity contribution in [2.75, 3.05) is 27.9 Å². The molecule has 1 heterocycles. The fraction of sp³-hybridized carbons (Fsp3) is 0.250. The molecule has 0 saturated heterocycles. The number of ether oxygens (including phenoxy) is 5. The van der Waals surface area contributed by atoms with Gasteiger partial charge >= 0.3 is 0 Å². The molecule has 0 fully saturated rings. The minimum atomic E-state index is -0.311. The van der Waals surface area contributed by atoms with Gasteiger partial charge in [-0.2, -0.15) is 0 Å². The summed E-state index contributed by atoms with van der Waals surface area (Å²) in [6, 6.07) is 14.1. The first-order chi connectivity index (χ1) is 15.6. The summed E-state index contributed by atoms with van der Waals surface area (Å²) in [6.07, 6.45) is 1.63. The predicted molar refractivity (Wildman–Crippen MR) is 119 cm³/mol. The second-order valence-electron chi connectivity index (χ2n) is 6.60. The van der Waals surface area contributed by atoms with Gasteiger partial charge < -0.3 is 29.0 Å². The lowest BCUT2D eigenvalue weighted by molar-refractivity contribution is 0.0947. The summed E-state index contributed by atoms with van der Waals surface area (Å²) in [4.78, 5) is 17.0. The van der Waals surface area contributed by atoms with Gasteiger partial charge in [-0.3, -0.25) is 4.79 Å². The topological polar surface area (TPSA) is 88.1 Å². The summed E-state index contributed by atoms with van der Waals surface area (Å²) in [6.45, 7) is 2.81. The summed E-state index contributed by atoms with van der Waals surface area (Å²) in [7, 11) is 4.52. The molecule has 32 heavy (non-hydrogen) atoms. The molecule has 0 aliphatic carbocycles. The molecular weight excluding hydrogens is 412 g/mol. The SMILES string of the molecule is CCOc1ccc(Oc2cc(CNC(=O)c3cc(OC)c(OC)cc3OC)ccn2)cc1. The molecule has 3 aromatic rings. The van der Waals surface area contributed by atoms with Crippen LogP contribution < -0.4 is 29.0 Å². The number of methoxy groups -OCH3 is 3. The molecule has 1 aromatic heterocycles. The number of nitrogens with zero attached hydrogens (tertiary/aromatic N) is 1. The minimum Gasteiger partial charge on any atom is -0.496 e. The van der Waals surface area contributed by atoms with Gasteiger partial charge in [0.25, 0.3) is 5.91 Å². The standard InChI is InChI=1S/C24H26N2O6/c1-5-31-17-6-8-18(9-7-17)32-23-12-16(10-11-25-23)15-26-24(27)19-13-21(29-3)22(30-4)14-20(19)28-2/h6-14H,5,15H2,1-4H3,(H,26,27). The zero-order valence-electron chi connectivity index (χ0n) is 18.5. The molecule has 8 heteroatoms. The normalized spacial score (nSPS) is 10.2. The van der Waals surface area contributed by atoms with E-state index in [0.717, 1.165) is 11.3 Å². The molecule has 8 nitrogen and oxygen atoms in total. The predicted octanol–water partition coefficient (Wildman–Crippen LogP) is 4.23. The maximum atomic E-state index is 12.8. The Bertz CT molecular complexity index is 1050. The van der Waals surface area contributed by atoms with Crippen molar-refractivity contribution in [2.24, 2.45) is 0 Å². The highest BCUT2D eigenvalue weighted by Gasteiger charge is 2.17. The van der Waals surface area contributed by atoms with Crippen molar-refractivity contribution in [2.45, 2.75) is 13.5 Å². The van der Waals surface area contributed by atoms with Gasteiger partial charge in [-0.15, -0.1) is 0 Å². The molecule has 0 atom stereocenters. The van der Waals surface area contributed by atoms with E-state index in [-0.39, 0.29) is 12.5 Å². The van der Waals surface area contributed by atoms with Crippen molar-refractivity contribution in [1.82, 2.24) is 10.3 Å². The number of pyridine rings is 1. The van der Waals surface area contributed by atoms with Crippen molar-refractivity contribution >= 4 is 5.91 Å². The van der Waals surface area contributed by atoms with Gasteiger partial charge in [-0.1, -0.05) is 0 Å². The van der Waals surface area contributed by atoms with Crippen LogP contribution in [-0.2, 0) is 6.54 Å². The monoisotopic (exact) mass is 438 g/mol. The molecule has 0 aliphatic heterocycles. The number of rotatable bonds is 10. The Morgan fingerprint density at radius 3 is 2.19 bits per heavy atom. The molecule has 0 bridgehead atoms. The van der Waals surface area contributed by atoms with Crippen LogP contribution >= 0.6 is 0 Å². The zero-order valence-corrected chi connectivity index (χ0v) is 18.5. The van der Waals surface area contributed by atoms with E-state index in [1.54, 1.807) is 30.5 Å². The van der Waals surface area contributed by atoms with E-state index < -0.39 is 0 Å². The van der Waals surface area contributed by atoms with Crippen molar-refractivity contribution in [3.05, 3.63) is 65.9 Å². The number of carbonyl (C=O) groups is 1. The number of nitrogens with one attached hydrogen (secondary N) is 1. The molecule has 0 saturated carbocycles. The Balaban J connectivity index is 1.68. The van der Waals surface area contributed by atoms with Crippen LogP contribution in [0, 0.1) is 0 Å². The highest BCUT2D eigenvalue weighted by molar-refractivity contribution is 5.97. The van der Waals surface area contributed by atoms with E-state index in [1.807, 2.05) is 31.2 Å². The van der Waals surface area contributed by atoms with Gasteiger partial charge in [0.05, 0.1) is 33.5 Å². The van der Waals surface area contributed by atoms with Gasteiger partial charge in [0.1, 0.15) is 17.2 Å². The van der Waals surface area contributed by atoms with Crippen molar-refractivity contribution < 1.29 is 28.5 Å². The van der Waals surface area contributed by atoms with Gasteiger partial charge in [0.2, 0.25) is 5.88 Å². The summed E-state index contributed by atoms with van der Waals surface area (Å²) in [5, 5.41) is 2.88. The van der Waals surface area contributed by atoms with Crippen molar-refractivity contribution in [1.29, 1.82) is 0 Å². The maximum absolute atomic E-state index is 12.8. The van der Waals surface area contributed by atoms with E-state index in [2.05, 4.69) is 10.3 Å². The van der Waals surface area contributed by atoms with Crippen LogP contribution in [-0.4, -0.2) is 38.8 Å². The molecule has 1 amide bonds. The van der Waals surface area contributed by atoms with Crippen LogP contribution in [0.25, 0.3) is 0 Å². The third-order valence-electron chi connectivity index (χ3n) is 4.56. The molecule has 0 radical (unpaired) electrons. The number of carbonyl (C=O) groups excluding carboxylic acids is 1. The second kappa shape index (κ2) is 10.9. The van der Waals surface area contributed by atoms with Gasteiger partial charge in [-0.25, -0.2) is 4.98 Å². The summed E-state index contributed by atoms with van der Waals surface area (Å²) >= 11 is 0. The van der Waals surface area contributed by atoms with E-state index in [9.17, 15) is 4.79 Å². The van der Waals surface area contributed by atoms with Gasteiger partial charge in [-0.05, 0) is 42.8 Å². The van der Waals surface area contributed by atoms with Crippen LogP contribution in [0.3, 0.4) is 0 Å². The lowest BCUT2D eigenvalue weighted by atomic mass is 10.1. The van der Waals surface area contributed by atoms with Crippen LogP contribution in [0.1, 0.15) is 22.8 Å². The first-order valence-corrected chi connectivity index (χ1v) is 10.0. The first kappa shape index (κ1) is 22.7. The molecule has 0 spiro atoms. The third-order valence-corrected chi connectivity index (χ3v) is 4.56. The molecule has 3 rings (SSSR count). The number of benzene rings is 2. The molecular formula is C24H26N2O6. The molecule has 0 aliphatic rings. The van der Waals surface area contributed by atoms with Crippen LogP contribution in [0.15, 0.2) is 54.7 Å². The summed E-state index contributed by atoms with van der Waals surface area (Å²) < 4.78 is 27.1. The average molecular weight is 438 g/mol. The highest BCUT2D eigenvalue weighted by Crippen LogP contribution is 2.34. The Kier molecular flexibility index (Phi) is 7.75. The Hall–Kier alpha value is -3.94. The number of aromatic nitrogens is 1. The third kappa shape index (κ3) is 5.60.